The van der Waals surface area contributed by atoms with Crippen LogP contribution in [0.4, 0.5) is 17.1 Å². The van der Waals surface area contributed by atoms with E-state index in [1.165, 1.54) is 4.90 Å². The molecule has 0 aromatic heterocycles. The summed E-state index contributed by atoms with van der Waals surface area (Å²) < 4.78 is 0. The van der Waals surface area contributed by atoms with Gasteiger partial charge in [0.05, 0.1) is 11.4 Å². The first kappa shape index (κ1) is 18.4. The van der Waals surface area contributed by atoms with E-state index in [1.807, 2.05) is 48.2 Å². The van der Waals surface area contributed by atoms with Crippen LogP contribution < -0.4 is 16.0 Å². The lowest BCUT2D eigenvalue weighted by Gasteiger charge is -2.19. The molecule has 4 nitrogen and oxygen atoms in total. The predicted octanol–water partition coefficient (Wildman–Crippen LogP) is 4.89. The van der Waals surface area contributed by atoms with Crippen LogP contribution in [-0.2, 0) is 0 Å². The average Bonchev–Trinajstić information content (AvgIpc) is 3.19. The molecule has 0 bridgehead atoms. The highest BCUT2D eigenvalue weighted by molar-refractivity contribution is 8.00. The van der Waals surface area contributed by atoms with Crippen LogP contribution in [0.5, 0.6) is 0 Å². The van der Waals surface area contributed by atoms with Gasteiger partial charge in [-0.3, -0.25) is 4.79 Å². The number of nitrogen functional groups attached to an aromatic ring is 1. The molecule has 3 N–H and O–H groups in total. The second-order valence-corrected chi connectivity index (χ2v) is 8.25. The molecule has 0 spiro atoms. The molecule has 3 aromatic rings. The van der Waals surface area contributed by atoms with E-state index in [0.29, 0.717) is 22.2 Å². The van der Waals surface area contributed by atoms with Gasteiger partial charge >= 0.3 is 0 Å². The molecule has 1 fully saturated rings. The summed E-state index contributed by atoms with van der Waals surface area (Å²) in [7, 11) is 0. The van der Waals surface area contributed by atoms with E-state index in [0.717, 1.165) is 25.2 Å². The number of hydrogen-bond donors (Lipinski definition) is 2. The van der Waals surface area contributed by atoms with Crippen molar-refractivity contribution >= 4 is 34.7 Å². The quantitative estimate of drug-likeness (QED) is 0.610. The second-order valence-electron chi connectivity index (χ2n) is 6.88. The molecule has 0 saturated carbocycles. The van der Waals surface area contributed by atoms with Crippen LogP contribution in [0.15, 0.2) is 83.8 Å². The summed E-state index contributed by atoms with van der Waals surface area (Å²) in [6.45, 7) is 2.06. The molecule has 3 aromatic carbocycles. The second kappa shape index (κ2) is 8.40. The zero-order valence-electron chi connectivity index (χ0n) is 15.5. The molecule has 0 radical (unpaired) electrons. The lowest BCUT2D eigenvalue weighted by atomic mass is 10.1. The third-order valence-electron chi connectivity index (χ3n) is 4.89. The van der Waals surface area contributed by atoms with Gasteiger partial charge < -0.3 is 16.0 Å². The van der Waals surface area contributed by atoms with Gasteiger partial charge in [-0.15, -0.1) is 11.8 Å². The van der Waals surface area contributed by atoms with Gasteiger partial charge in [-0.05, 0) is 55.0 Å². The fourth-order valence-corrected chi connectivity index (χ4v) is 4.56. The number of carbonyl (C=O) groups is 1. The monoisotopic (exact) mass is 389 g/mol. The highest BCUT2D eigenvalue weighted by Gasteiger charge is 2.23. The first-order chi connectivity index (χ1) is 13.7. The summed E-state index contributed by atoms with van der Waals surface area (Å²) in [4.78, 5) is 16.2. The van der Waals surface area contributed by atoms with Crippen molar-refractivity contribution in [1.29, 1.82) is 0 Å². The van der Waals surface area contributed by atoms with Crippen LogP contribution in [0.3, 0.4) is 0 Å². The van der Waals surface area contributed by atoms with Gasteiger partial charge in [-0.25, -0.2) is 0 Å². The van der Waals surface area contributed by atoms with E-state index in [2.05, 4.69) is 40.5 Å². The van der Waals surface area contributed by atoms with E-state index in [9.17, 15) is 4.79 Å². The Kier molecular flexibility index (Phi) is 5.53. The molecule has 1 amide bonds. The maximum Gasteiger partial charge on any atom is 0.255 e. The molecule has 1 heterocycles. The average molecular weight is 390 g/mol. The Morgan fingerprint density at radius 2 is 1.68 bits per heavy atom. The summed E-state index contributed by atoms with van der Waals surface area (Å²) in [6.07, 6.45) is 1.16. The van der Waals surface area contributed by atoms with Crippen molar-refractivity contribution < 1.29 is 4.79 Å². The number of carbonyl (C=O) groups excluding carboxylic acids is 1. The van der Waals surface area contributed by atoms with E-state index in [4.69, 9.17) is 5.73 Å². The predicted molar refractivity (Wildman–Crippen MR) is 118 cm³/mol. The number of hydrogen-bond acceptors (Lipinski definition) is 4. The van der Waals surface area contributed by atoms with Crippen molar-refractivity contribution in [3.8, 4) is 0 Å². The van der Waals surface area contributed by atoms with Gasteiger partial charge in [0.25, 0.3) is 5.91 Å². The first-order valence-electron chi connectivity index (χ1n) is 9.41. The number of rotatable bonds is 5. The molecule has 1 aliphatic rings. The van der Waals surface area contributed by atoms with Gasteiger partial charge in [0.1, 0.15) is 0 Å². The van der Waals surface area contributed by atoms with E-state index < -0.39 is 0 Å². The Bertz CT molecular complexity index is 944. The minimum atomic E-state index is -0.150. The normalized spacial score (nSPS) is 16.1. The fourth-order valence-electron chi connectivity index (χ4n) is 3.38. The summed E-state index contributed by atoms with van der Waals surface area (Å²) in [5.41, 5.74) is 8.88. The third-order valence-corrected chi connectivity index (χ3v) is 6.16. The minimum absolute atomic E-state index is 0.150. The Morgan fingerprint density at radius 1 is 0.964 bits per heavy atom. The van der Waals surface area contributed by atoms with Crippen molar-refractivity contribution in [3.63, 3.8) is 0 Å². The van der Waals surface area contributed by atoms with Gasteiger partial charge in [0, 0.05) is 34.5 Å². The van der Waals surface area contributed by atoms with Crippen LogP contribution >= 0.6 is 11.8 Å². The topological polar surface area (TPSA) is 58.4 Å². The number of amides is 1. The third kappa shape index (κ3) is 4.31. The smallest absolute Gasteiger partial charge is 0.255 e. The van der Waals surface area contributed by atoms with Crippen LogP contribution in [0.25, 0.3) is 0 Å². The molecule has 1 aliphatic heterocycles. The van der Waals surface area contributed by atoms with Crippen LogP contribution in [0, 0.1) is 0 Å². The summed E-state index contributed by atoms with van der Waals surface area (Å²) in [5.74, 6) is -0.150. The maximum absolute atomic E-state index is 12.5. The molecule has 1 saturated heterocycles. The summed E-state index contributed by atoms with van der Waals surface area (Å²) >= 11 is 1.94. The number of thioether (sulfide) groups is 1. The molecule has 142 valence electrons. The molecule has 5 heteroatoms. The van der Waals surface area contributed by atoms with E-state index in [-0.39, 0.29) is 5.91 Å². The van der Waals surface area contributed by atoms with Gasteiger partial charge in [0.15, 0.2) is 0 Å². The largest absolute Gasteiger partial charge is 0.397 e. The van der Waals surface area contributed by atoms with Crippen LogP contribution in [0.1, 0.15) is 16.8 Å². The Balaban J connectivity index is 1.37. The number of nitrogens with one attached hydrogen (secondary N) is 1. The lowest BCUT2D eigenvalue weighted by Crippen LogP contribution is -2.20. The first-order valence-corrected chi connectivity index (χ1v) is 10.3. The summed E-state index contributed by atoms with van der Waals surface area (Å²) in [5, 5.41) is 3.46. The maximum atomic E-state index is 12.5. The van der Waals surface area contributed by atoms with Gasteiger partial charge in [-0.2, -0.15) is 0 Å². The summed E-state index contributed by atoms with van der Waals surface area (Å²) in [6, 6.07) is 25.6. The molecule has 4 rings (SSSR count). The molecule has 0 aliphatic carbocycles. The van der Waals surface area contributed by atoms with Crippen LogP contribution in [-0.4, -0.2) is 24.2 Å². The van der Waals surface area contributed by atoms with E-state index in [1.54, 1.807) is 12.1 Å². The molecule has 28 heavy (non-hydrogen) atoms. The van der Waals surface area contributed by atoms with Crippen molar-refractivity contribution in [3.05, 3.63) is 84.4 Å². The highest BCUT2D eigenvalue weighted by Crippen LogP contribution is 2.32. The lowest BCUT2D eigenvalue weighted by molar-refractivity contribution is 0.102. The van der Waals surface area contributed by atoms with Crippen molar-refractivity contribution in [2.24, 2.45) is 0 Å². The van der Waals surface area contributed by atoms with Crippen molar-refractivity contribution in [2.75, 3.05) is 29.0 Å². The SMILES string of the molecule is Nc1ccccc1NC(=O)c1ccc(N2CC[C@H](Sc3ccccc3)C2)cc1. The number of anilines is 3. The number of nitrogens with zero attached hydrogens (tertiary/aromatic N) is 1. The van der Waals surface area contributed by atoms with Crippen molar-refractivity contribution in [2.45, 2.75) is 16.6 Å². The Hall–Kier alpha value is -2.92. The van der Waals surface area contributed by atoms with Crippen molar-refractivity contribution in [1.82, 2.24) is 0 Å². The number of nitrogens with two attached hydrogens (primary N) is 1. The number of benzene rings is 3. The standard InChI is InChI=1S/C23H23N3OS/c24-21-8-4-5-9-22(21)25-23(27)17-10-12-18(13-11-17)26-15-14-20(16-26)28-19-6-2-1-3-7-19/h1-13,20H,14-16,24H2,(H,25,27)/t20-/m0/s1. The molecule has 0 unspecified atom stereocenters. The van der Waals surface area contributed by atoms with Gasteiger partial charge in [-0.1, -0.05) is 30.3 Å². The zero-order chi connectivity index (χ0) is 19.3. The zero-order valence-corrected chi connectivity index (χ0v) is 16.4. The fraction of sp³-hybridized carbons (Fsp3) is 0.174. The number of para-hydroxylation sites is 2. The molecular weight excluding hydrogens is 366 g/mol. The Morgan fingerprint density at radius 3 is 2.43 bits per heavy atom. The minimum Gasteiger partial charge on any atom is -0.397 e. The van der Waals surface area contributed by atoms with E-state index >= 15 is 0 Å². The highest BCUT2D eigenvalue weighted by atomic mass is 32.2. The Labute approximate surface area is 169 Å². The van der Waals surface area contributed by atoms with Crippen LogP contribution in [0.2, 0.25) is 0 Å². The molecular formula is C23H23N3OS. The van der Waals surface area contributed by atoms with Gasteiger partial charge in [0.2, 0.25) is 0 Å². The molecule has 1 atom stereocenters.